The number of piperidine rings is 1. The summed E-state index contributed by atoms with van der Waals surface area (Å²) in [6, 6.07) is 0. The maximum absolute atomic E-state index is 11.4. The predicted molar refractivity (Wildman–Crippen MR) is 63.5 cm³/mol. The molecule has 0 aromatic heterocycles. The summed E-state index contributed by atoms with van der Waals surface area (Å²) >= 11 is 0. The molecule has 15 heavy (non-hydrogen) atoms. The van der Waals surface area contributed by atoms with Gasteiger partial charge in [-0.1, -0.05) is 24.3 Å². The van der Waals surface area contributed by atoms with Crippen LogP contribution in [-0.4, -0.2) is 12.5 Å². The molecule has 1 atom stereocenters. The zero-order valence-corrected chi connectivity index (χ0v) is 9.54. The van der Waals surface area contributed by atoms with Gasteiger partial charge in [-0.3, -0.25) is 4.79 Å². The average molecular weight is 207 g/mol. The van der Waals surface area contributed by atoms with Crippen LogP contribution in [0.25, 0.3) is 0 Å². The van der Waals surface area contributed by atoms with Gasteiger partial charge in [-0.05, 0) is 39.0 Å². The third-order valence-corrected chi connectivity index (χ3v) is 2.76. The van der Waals surface area contributed by atoms with E-state index in [-0.39, 0.29) is 11.8 Å². The van der Waals surface area contributed by atoms with E-state index in [2.05, 4.69) is 17.5 Å². The third kappa shape index (κ3) is 4.82. The number of unbranched alkanes of at least 4 members (excludes halogenated alkanes) is 1. The summed E-state index contributed by atoms with van der Waals surface area (Å²) in [6.45, 7) is 2.88. The van der Waals surface area contributed by atoms with Crippen LogP contribution < -0.4 is 5.32 Å². The number of hydrogen-bond acceptors (Lipinski definition) is 1. The first-order valence-electron chi connectivity index (χ1n) is 5.90. The van der Waals surface area contributed by atoms with Crippen LogP contribution in [0.1, 0.15) is 39.0 Å². The first-order valence-corrected chi connectivity index (χ1v) is 5.90. The molecule has 2 heteroatoms. The van der Waals surface area contributed by atoms with E-state index in [1.54, 1.807) is 0 Å². The molecule has 1 aliphatic rings. The molecule has 1 unspecified atom stereocenters. The van der Waals surface area contributed by atoms with Crippen molar-refractivity contribution >= 4 is 5.91 Å². The number of amides is 1. The molecule has 0 spiro atoms. The summed E-state index contributed by atoms with van der Waals surface area (Å²) in [7, 11) is 0. The fourth-order valence-corrected chi connectivity index (χ4v) is 1.88. The monoisotopic (exact) mass is 207 g/mol. The highest BCUT2D eigenvalue weighted by Crippen LogP contribution is 2.18. The summed E-state index contributed by atoms with van der Waals surface area (Å²) < 4.78 is 0. The molecule has 1 amide bonds. The summed E-state index contributed by atoms with van der Waals surface area (Å²) in [4.78, 5) is 11.4. The Balaban J connectivity index is 2.11. The van der Waals surface area contributed by atoms with Crippen molar-refractivity contribution in [3.8, 4) is 0 Å². The van der Waals surface area contributed by atoms with Gasteiger partial charge in [-0.25, -0.2) is 0 Å². The summed E-state index contributed by atoms with van der Waals surface area (Å²) in [5.41, 5.74) is 0. The molecule has 2 nitrogen and oxygen atoms in total. The van der Waals surface area contributed by atoms with E-state index in [9.17, 15) is 4.79 Å². The SMILES string of the molecule is C/C=C/C=C/CCCC1CCCNC1=O. The number of carbonyl (C=O) groups is 1. The van der Waals surface area contributed by atoms with Gasteiger partial charge in [0, 0.05) is 12.5 Å². The van der Waals surface area contributed by atoms with Gasteiger partial charge in [-0.2, -0.15) is 0 Å². The molecule has 0 aliphatic carbocycles. The first-order chi connectivity index (χ1) is 7.34. The summed E-state index contributed by atoms with van der Waals surface area (Å²) in [5, 5.41) is 2.93. The van der Waals surface area contributed by atoms with Gasteiger partial charge in [0.1, 0.15) is 0 Å². The van der Waals surface area contributed by atoms with Gasteiger partial charge in [0.05, 0.1) is 0 Å². The van der Waals surface area contributed by atoms with E-state index in [0.717, 1.165) is 38.6 Å². The second-order valence-electron chi connectivity index (χ2n) is 4.02. The number of allylic oxidation sites excluding steroid dienone is 4. The van der Waals surface area contributed by atoms with Gasteiger partial charge >= 0.3 is 0 Å². The molecule has 1 aliphatic heterocycles. The fraction of sp³-hybridized carbons (Fsp3) is 0.615. The molecule has 1 rings (SSSR count). The van der Waals surface area contributed by atoms with Crippen LogP contribution >= 0.6 is 0 Å². The molecule has 0 bridgehead atoms. The molecule has 1 fully saturated rings. The lowest BCUT2D eigenvalue weighted by Gasteiger charge is -2.21. The van der Waals surface area contributed by atoms with Gasteiger partial charge in [0.15, 0.2) is 0 Å². The third-order valence-electron chi connectivity index (χ3n) is 2.76. The van der Waals surface area contributed by atoms with E-state index in [1.165, 1.54) is 0 Å². The molecular weight excluding hydrogens is 186 g/mol. The predicted octanol–water partition coefficient (Wildman–Crippen LogP) is 2.82. The number of carbonyl (C=O) groups excluding carboxylic acids is 1. The minimum Gasteiger partial charge on any atom is -0.356 e. The van der Waals surface area contributed by atoms with Crippen molar-refractivity contribution in [1.82, 2.24) is 5.32 Å². The van der Waals surface area contributed by atoms with Gasteiger partial charge in [0.25, 0.3) is 0 Å². The Morgan fingerprint density at radius 3 is 3.07 bits per heavy atom. The van der Waals surface area contributed by atoms with Crippen molar-refractivity contribution in [1.29, 1.82) is 0 Å². The zero-order valence-electron chi connectivity index (χ0n) is 9.54. The van der Waals surface area contributed by atoms with E-state index < -0.39 is 0 Å². The van der Waals surface area contributed by atoms with Gasteiger partial charge in [0.2, 0.25) is 5.91 Å². The minimum atomic E-state index is 0.263. The molecule has 1 N–H and O–H groups in total. The second-order valence-corrected chi connectivity index (χ2v) is 4.02. The number of rotatable bonds is 5. The Hall–Kier alpha value is -1.05. The van der Waals surface area contributed by atoms with Crippen molar-refractivity contribution in [2.24, 2.45) is 5.92 Å². The van der Waals surface area contributed by atoms with Crippen molar-refractivity contribution in [3.05, 3.63) is 24.3 Å². The normalized spacial score (nSPS) is 22.5. The average Bonchev–Trinajstić information content (AvgIpc) is 2.25. The van der Waals surface area contributed by atoms with Gasteiger partial charge in [-0.15, -0.1) is 0 Å². The Kier molecular flexibility index (Phi) is 5.83. The maximum atomic E-state index is 11.4. The van der Waals surface area contributed by atoms with E-state index >= 15 is 0 Å². The Bertz CT molecular complexity index is 243. The lowest BCUT2D eigenvalue weighted by atomic mass is 9.93. The summed E-state index contributed by atoms with van der Waals surface area (Å²) in [6.07, 6.45) is 13.7. The number of hydrogen-bond donors (Lipinski definition) is 1. The van der Waals surface area contributed by atoms with Crippen molar-refractivity contribution in [3.63, 3.8) is 0 Å². The Labute approximate surface area is 92.4 Å². The molecule has 84 valence electrons. The highest BCUT2D eigenvalue weighted by molar-refractivity contribution is 5.79. The number of nitrogens with one attached hydrogen (secondary N) is 1. The largest absolute Gasteiger partial charge is 0.356 e. The van der Waals surface area contributed by atoms with Crippen LogP contribution in [0.3, 0.4) is 0 Å². The van der Waals surface area contributed by atoms with E-state index in [4.69, 9.17) is 0 Å². The highest BCUT2D eigenvalue weighted by Gasteiger charge is 2.20. The molecule has 1 saturated heterocycles. The lowest BCUT2D eigenvalue weighted by Crippen LogP contribution is -2.36. The van der Waals surface area contributed by atoms with Crippen LogP contribution in [0.15, 0.2) is 24.3 Å². The minimum absolute atomic E-state index is 0.263. The molecule has 0 radical (unpaired) electrons. The molecule has 1 heterocycles. The standard InChI is InChI=1S/C13H21NO/c1-2-3-4-5-6-7-9-12-10-8-11-14-13(12)15/h2-5,12H,6-11H2,1H3,(H,14,15)/b3-2+,5-4+. The second kappa shape index (κ2) is 7.27. The van der Waals surface area contributed by atoms with Crippen LogP contribution in [-0.2, 0) is 4.79 Å². The Morgan fingerprint density at radius 1 is 1.47 bits per heavy atom. The molecular formula is C13H21NO. The van der Waals surface area contributed by atoms with Crippen molar-refractivity contribution in [2.45, 2.75) is 39.0 Å². The first kappa shape index (κ1) is 12.0. The lowest BCUT2D eigenvalue weighted by molar-refractivity contribution is -0.126. The van der Waals surface area contributed by atoms with E-state index in [0.29, 0.717) is 0 Å². The fourth-order valence-electron chi connectivity index (χ4n) is 1.88. The molecule has 0 aromatic rings. The maximum Gasteiger partial charge on any atom is 0.223 e. The van der Waals surface area contributed by atoms with Crippen LogP contribution in [0, 0.1) is 5.92 Å². The molecule has 0 aromatic carbocycles. The van der Waals surface area contributed by atoms with Crippen LogP contribution in [0.4, 0.5) is 0 Å². The highest BCUT2D eigenvalue weighted by atomic mass is 16.1. The van der Waals surface area contributed by atoms with Crippen LogP contribution in [0.2, 0.25) is 0 Å². The smallest absolute Gasteiger partial charge is 0.223 e. The van der Waals surface area contributed by atoms with Crippen molar-refractivity contribution < 1.29 is 4.79 Å². The zero-order chi connectivity index (χ0) is 10.9. The van der Waals surface area contributed by atoms with Crippen LogP contribution in [0.5, 0.6) is 0 Å². The van der Waals surface area contributed by atoms with Gasteiger partial charge < -0.3 is 5.32 Å². The topological polar surface area (TPSA) is 29.1 Å². The Morgan fingerprint density at radius 2 is 2.33 bits per heavy atom. The molecule has 0 saturated carbocycles. The van der Waals surface area contributed by atoms with E-state index in [1.807, 2.05) is 19.1 Å². The summed E-state index contributed by atoms with van der Waals surface area (Å²) in [5.74, 6) is 0.535. The van der Waals surface area contributed by atoms with Crippen molar-refractivity contribution in [2.75, 3.05) is 6.54 Å². The quantitative estimate of drug-likeness (QED) is 0.545.